The molecule has 0 atom stereocenters. The first-order valence-corrected chi connectivity index (χ1v) is 13.0. The third-order valence-corrected chi connectivity index (χ3v) is 7.71. The molecule has 178 valence electrons. The van der Waals surface area contributed by atoms with E-state index in [1.165, 1.54) is 60.3 Å². The lowest BCUT2D eigenvalue weighted by Gasteiger charge is -2.15. The van der Waals surface area contributed by atoms with Crippen molar-refractivity contribution >= 4 is 49.5 Å². The summed E-state index contributed by atoms with van der Waals surface area (Å²) in [6, 6.07) is 50.1. The van der Waals surface area contributed by atoms with Crippen molar-refractivity contribution in [3.63, 3.8) is 0 Å². The van der Waals surface area contributed by atoms with Crippen LogP contribution in [0.1, 0.15) is 0 Å². The summed E-state index contributed by atoms with van der Waals surface area (Å²) in [6.45, 7) is 0. The van der Waals surface area contributed by atoms with Crippen molar-refractivity contribution in [1.29, 1.82) is 0 Å². The van der Waals surface area contributed by atoms with Crippen LogP contribution in [0.5, 0.6) is 0 Å². The Kier molecular flexibility index (Phi) is 4.55. The Morgan fingerprint density at radius 1 is 0.421 bits per heavy atom. The second kappa shape index (κ2) is 8.22. The van der Waals surface area contributed by atoms with Gasteiger partial charge in [-0.1, -0.05) is 97.1 Å². The summed E-state index contributed by atoms with van der Waals surface area (Å²) in [5.41, 5.74) is 10.8. The highest BCUT2D eigenvalue weighted by molar-refractivity contribution is 6.23. The molecule has 0 aliphatic carbocycles. The molecule has 0 bridgehead atoms. The fraction of sp³-hybridized carbons (Fsp3) is 0. The quantitative estimate of drug-likeness (QED) is 0.263. The molecule has 0 aliphatic heterocycles. The van der Waals surface area contributed by atoms with Gasteiger partial charge >= 0.3 is 0 Å². The molecular weight excluding hydrogens is 460 g/mol. The second-order valence-corrected chi connectivity index (χ2v) is 9.90. The van der Waals surface area contributed by atoms with E-state index >= 15 is 0 Å². The monoisotopic (exact) mass is 484 g/mol. The van der Waals surface area contributed by atoms with Crippen molar-refractivity contribution in [3.05, 3.63) is 140 Å². The molecule has 0 saturated heterocycles. The van der Waals surface area contributed by atoms with E-state index in [-0.39, 0.29) is 0 Å². The summed E-state index contributed by atoms with van der Waals surface area (Å²) in [6.07, 6.45) is 0. The van der Waals surface area contributed by atoms with Gasteiger partial charge in [-0.25, -0.2) is 0 Å². The summed E-state index contributed by atoms with van der Waals surface area (Å²) < 4.78 is 2.43. The standard InChI is InChI=1S/C36H24N2/c1-3-10-24(11-4-1)31-22-25(18-20-33(31)37-27-12-5-2-6-13-27)26-19-21-35-32(23-26)30-16-9-15-29-28-14-7-8-17-34(28)38(35)36(29)30/h1-23,37H. The van der Waals surface area contributed by atoms with Crippen LogP contribution in [0.25, 0.3) is 60.3 Å². The summed E-state index contributed by atoms with van der Waals surface area (Å²) in [7, 11) is 0. The summed E-state index contributed by atoms with van der Waals surface area (Å²) >= 11 is 0. The lowest BCUT2D eigenvalue weighted by atomic mass is 9.96. The van der Waals surface area contributed by atoms with Gasteiger partial charge in [0.2, 0.25) is 0 Å². The molecular formula is C36H24N2. The molecule has 2 aromatic heterocycles. The lowest BCUT2D eigenvalue weighted by Crippen LogP contribution is -1.94. The Hall–Kier alpha value is -5.08. The Morgan fingerprint density at radius 2 is 1.05 bits per heavy atom. The number of anilines is 2. The molecule has 0 spiro atoms. The SMILES string of the molecule is c1ccc(Nc2ccc(-c3ccc4c(c3)c3cccc5c6ccccc6n4c53)cc2-c2ccccc2)cc1. The van der Waals surface area contributed by atoms with Crippen molar-refractivity contribution in [3.8, 4) is 22.3 Å². The van der Waals surface area contributed by atoms with Gasteiger partial charge in [0.25, 0.3) is 0 Å². The van der Waals surface area contributed by atoms with Gasteiger partial charge < -0.3 is 9.72 Å². The number of hydrogen-bond donors (Lipinski definition) is 1. The fourth-order valence-electron chi connectivity index (χ4n) is 5.98. The number of rotatable bonds is 4. The van der Waals surface area contributed by atoms with Crippen LogP contribution in [0.3, 0.4) is 0 Å². The molecule has 2 heterocycles. The zero-order valence-electron chi connectivity index (χ0n) is 20.7. The topological polar surface area (TPSA) is 16.4 Å². The van der Waals surface area contributed by atoms with Crippen molar-refractivity contribution in [1.82, 2.24) is 4.40 Å². The number of hydrogen-bond acceptors (Lipinski definition) is 1. The van der Waals surface area contributed by atoms with E-state index in [1.54, 1.807) is 0 Å². The van der Waals surface area contributed by atoms with Gasteiger partial charge in [-0.2, -0.15) is 0 Å². The summed E-state index contributed by atoms with van der Waals surface area (Å²) in [5, 5.41) is 8.86. The van der Waals surface area contributed by atoms with Gasteiger partial charge in [0.1, 0.15) is 0 Å². The molecule has 2 nitrogen and oxygen atoms in total. The Balaban J connectivity index is 1.32. The highest BCUT2D eigenvalue weighted by atomic mass is 14.9. The number of nitrogens with zero attached hydrogens (tertiary/aromatic N) is 1. The molecule has 6 aromatic carbocycles. The number of benzene rings is 6. The second-order valence-electron chi connectivity index (χ2n) is 9.90. The van der Waals surface area contributed by atoms with Crippen LogP contribution in [-0.2, 0) is 0 Å². The Morgan fingerprint density at radius 3 is 1.89 bits per heavy atom. The van der Waals surface area contributed by atoms with Gasteiger partial charge in [0, 0.05) is 38.5 Å². The molecule has 0 amide bonds. The summed E-state index contributed by atoms with van der Waals surface area (Å²) in [4.78, 5) is 0. The fourth-order valence-corrected chi connectivity index (χ4v) is 5.98. The van der Waals surface area contributed by atoms with E-state index in [0.29, 0.717) is 0 Å². The van der Waals surface area contributed by atoms with Gasteiger partial charge in [0.15, 0.2) is 0 Å². The molecule has 0 saturated carbocycles. The van der Waals surface area contributed by atoms with Crippen molar-refractivity contribution in [2.24, 2.45) is 0 Å². The van der Waals surface area contributed by atoms with Gasteiger partial charge in [0.05, 0.1) is 16.6 Å². The third kappa shape index (κ3) is 3.14. The summed E-state index contributed by atoms with van der Waals surface area (Å²) in [5.74, 6) is 0. The highest BCUT2D eigenvalue weighted by Gasteiger charge is 2.17. The molecule has 8 rings (SSSR count). The maximum Gasteiger partial charge on any atom is 0.0620 e. The minimum atomic E-state index is 1.08. The average molecular weight is 485 g/mol. The zero-order chi connectivity index (χ0) is 25.1. The van der Waals surface area contributed by atoms with Gasteiger partial charge in [-0.3, -0.25) is 0 Å². The van der Waals surface area contributed by atoms with E-state index in [2.05, 4.69) is 143 Å². The van der Waals surface area contributed by atoms with E-state index in [0.717, 1.165) is 11.4 Å². The Labute approximate surface area is 220 Å². The van der Waals surface area contributed by atoms with Gasteiger partial charge in [-0.05, 0) is 59.2 Å². The first-order valence-electron chi connectivity index (χ1n) is 13.0. The predicted octanol–water partition coefficient (Wildman–Crippen LogP) is 9.91. The highest BCUT2D eigenvalue weighted by Crippen LogP contribution is 2.41. The van der Waals surface area contributed by atoms with Crippen LogP contribution >= 0.6 is 0 Å². The van der Waals surface area contributed by atoms with Crippen LogP contribution in [0.2, 0.25) is 0 Å². The van der Waals surface area contributed by atoms with Crippen LogP contribution in [0, 0.1) is 0 Å². The van der Waals surface area contributed by atoms with Crippen molar-refractivity contribution in [2.75, 3.05) is 5.32 Å². The molecule has 1 N–H and O–H groups in total. The van der Waals surface area contributed by atoms with Crippen LogP contribution in [0.15, 0.2) is 140 Å². The molecule has 0 fully saturated rings. The predicted molar refractivity (Wildman–Crippen MR) is 162 cm³/mol. The molecule has 0 unspecified atom stereocenters. The van der Waals surface area contributed by atoms with Crippen LogP contribution < -0.4 is 5.32 Å². The third-order valence-electron chi connectivity index (χ3n) is 7.71. The largest absolute Gasteiger partial charge is 0.355 e. The molecule has 2 heteroatoms. The lowest BCUT2D eigenvalue weighted by molar-refractivity contribution is 1.37. The normalized spacial score (nSPS) is 11.7. The van der Waals surface area contributed by atoms with Crippen molar-refractivity contribution in [2.45, 2.75) is 0 Å². The van der Waals surface area contributed by atoms with E-state index in [1.807, 2.05) is 6.07 Å². The van der Waals surface area contributed by atoms with E-state index in [4.69, 9.17) is 0 Å². The minimum absolute atomic E-state index is 1.08. The van der Waals surface area contributed by atoms with E-state index in [9.17, 15) is 0 Å². The molecule has 8 aromatic rings. The Bertz CT molecular complexity index is 2090. The van der Waals surface area contributed by atoms with Crippen LogP contribution in [-0.4, -0.2) is 4.40 Å². The van der Waals surface area contributed by atoms with E-state index < -0.39 is 0 Å². The van der Waals surface area contributed by atoms with Crippen LogP contribution in [0.4, 0.5) is 11.4 Å². The van der Waals surface area contributed by atoms with Gasteiger partial charge in [-0.15, -0.1) is 0 Å². The average Bonchev–Trinajstić information content (AvgIpc) is 3.50. The minimum Gasteiger partial charge on any atom is -0.355 e. The number of aromatic nitrogens is 1. The molecule has 0 aliphatic rings. The smallest absolute Gasteiger partial charge is 0.0620 e. The maximum atomic E-state index is 3.63. The first-order chi connectivity index (χ1) is 18.8. The zero-order valence-corrected chi connectivity index (χ0v) is 20.7. The molecule has 38 heavy (non-hydrogen) atoms. The molecule has 0 radical (unpaired) electrons. The maximum absolute atomic E-state index is 3.63. The number of fused-ring (bicyclic) bond motifs is 6. The van der Waals surface area contributed by atoms with Crippen molar-refractivity contribution < 1.29 is 0 Å². The number of nitrogens with one attached hydrogen (secondary N) is 1. The number of para-hydroxylation sites is 3. The first kappa shape index (κ1) is 21.0.